The second-order valence-electron chi connectivity index (χ2n) is 7.94. The van der Waals surface area contributed by atoms with Gasteiger partial charge in [-0.1, -0.05) is 19.4 Å². The lowest BCUT2D eigenvalue weighted by molar-refractivity contribution is -0.129. The Labute approximate surface area is 145 Å². The topological polar surface area (TPSA) is 38.3 Å². The average Bonchev–Trinajstić information content (AvgIpc) is 3.22. The van der Waals surface area contributed by atoms with Crippen molar-refractivity contribution < 1.29 is 9.53 Å². The van der Waals surface area contributed by atoms with E-state index < -0.39 is 0 Å². The normalized spacial score (nSPS) is 29.1. The number of rotatable bonds is 5. The number of carbonyl (C=O) groups excluding carboxylic acids is 1. The maximum Gasteiger partial charge on any atom is 0.261 e. The highest BCUT2D eigenvalue weighted by molar-refractivity contribution is 5.81. The summed E-state index contributed by atoms with van der Waals surface area (Å²) < 4.78 is 6.07. The molecular weight excluding hydrogens is 298 g/mol. The van der Waals surface area contributed by atoms with Crippen LogP contribution in [-0.4, -0.2) is 18.1 Å². The predicted molar refractivity (Wildman–Crippen MR) is 95.2 cm³/mol. The number of fused-ring (bicyclic) bond motifs is 3. The van der Waals surface area contributed by atoms with Gasteiger partial charge in [0.25, 0.3) is 5.91 Å². The van der Waals surface area contributed by atoms with Crippen LogP contribution in [0.1, 0.15) is 63.0 Å². The Hall–Kier alpha value is -1.51. The van der Waals surface area contributed by atoms with Gasteiger partial charge in [-0.2, -0.15) is 0 Å². The third-order valence-corrected chi connectivity index (χ3v) is 6.33. The molecule has 0 spiro atoms. The van der Waals surface area contributed by atoms with Crippen molar-refractivity contribution in [1.82, 2.24) is 5.32 Å². The van der Waals surface area contributed by atoms with E-state index >= 15 is 0 Å². The summed E-state index contributed by atoms with van der Waals surface area (Å²) in [4.78, 5) is 12.7. The smallest absolute Gasteiger partial charge is 0.261 e. The third-order valence-electron chi connectivity index (χ3n) is 6.33. The number of aryl methyl sites for hydroxylation is 2. The highest BCUT2D eigenvalue weighted by atomic mass is 16.5. The van der Waals surface area contributed by atoms with Gasteiger partial charge in [-0.3, -0.25) is 4.79 Å². The van der Waals surface area contributed by atoms with E-state index in [1.165, 1.54) is 56.1 Å². The zero-order valence-electron chi connectivity index (χ0n) is 14.7. The maximum atomic E-state index is 12.7. The molecular formula is C21H29NO2. The molecule has 0 heterocycles. The van der Waals surface area contributed by atoms with Crippen LogP contribution < -0.4 is 10.1 Å². The van der Waals surface area contributed by atoms with E-state index in [9.17, 15) is 4.79 Å². The lowest BCUT2D eigenvalue weighted by atomic mass is 9.92. The Morgan fingerprint density at radius 1 is 1.21 bits per heavy atom. The first-order valence-electron chi connectivity index (χ1n) is 9.81. The first-order chi connectivity index (χ1) is 11.7. The summed E-state index contributed by atoms with van der Waals surface area (Å²) in [5.74, 6) is 2.49. The lowest BCUT2D eigenvalue weighted by Crippen LogP contribution is -2.45. The molecule has 130 valence electrons. The minimum atomic E-state index is -0.370. The molecule has 1 N–H and O–H groups in total. The Bertz CT molecular complexity index is 612. The van der Waals surface area contributed by atoms with Gasteiger partial charge in [-0.05, 0) is 86.5 Å². The van der Waals surface area contributed by atoms with Gasteiger partial charge in [0.1, 0.15) is 5.75 Å². The first-order valence-corrected chi connectivity index (χ1v) is 9.81. The van der Waals surface area contributed by atoms with Crippen LogP contribution in [0.15, 0.2) is 18.2 Å². The van der Waals surface area contributed by atoms with Gasteiger partial charge in [-0.25, -0.2) is 0 Å². The Morgan fingerprint density at radius 3 is 2.75 bits per heavy atom. The zero-order chi connectivity index (χ0) is 16.5. The van der Waals surface area contributed by atoms with Crippen molar-refractivity contribution in [2.75, 3.05) is 0 Å². The number of hydrogen-bond donors (Lipinski definition) is 1. The van der Waals surface area contributed by atoms with Crippen molar-refractivity contribution in [3.05, 3.63) is 29.3 Å². The molecule has 0 aromatic heterocycles. The quantitative estimate of drug-likeness (QED) is 0.887. The molecule has 4 rings (SSSR count). The van der Waals surface area contributed by atoms with Crippen LogP contribution in [0, 0.1) is 11.8 Å². The van der Waals surface area contributed by atoms with Gasteiger partial charge in [0, 0.05) is 6.04 Å². The van der Waals surface area contributed by atoms with Crippen molar-refractivity contribution in [1.29, 1.82) is 0 Å². The van der Waals surface area contributed by atoms with Crippen LogP contribution in [0.3, 0.4) is 0 Å². The predicted octanol–water partition coefficient (Wildman–Crippen LogP) is 4.03. The number of amides is 1. The van der Waals surface area contributed by atoms with Crippen molar-refractivity contribution >= 4 is 5.91 Å². The van der Waals surface area contributed by atoms with E-state index in [0.29, 0.717) is 18.4 Å². The van der Waals surface area contributed by atoms with Crippen LogP contribution in [0.4, 0.5) is 0 Å². The van der Waals surface area contributed by atoms with Gasteiger partial charge in [-0.15, -0.1) is 0 Å². The van der Waals surface area contributed by atoms with Crippen LogP contribution in [0.5, 0.6) is 5.75 Å². The van der Waals surface area contributed by atoms with E-state index in [0.717, 1.165) is 18.1 Å². The minimum Gasteiger partial charge on any atom is -0.481 e. The van der Waals surface area contributed by atoms with E-state index in [-0.39, 0.29) is 12.0 Å². The fourth-order valence-corrected chi connectivity index (χ4v) is 4.97. The van der Waals surface area contributed by atoms with Crippen LogP contribution in [0.25, 0.3) is 0 Å². The molecule has 2 saturated carbocycles. The molecule has 0 unspecified atom stereocenters. The molecule has 3 aliphatic carbocycles. The molecule has 3 heteroatoms. The highest BCUT2D eigenvalue weighted by Gasteiger charge is 2.40. The Balaban J connectivity index is 1.39. The summed E-state index contributed by atoms with van der Waals surface area (Å²) in [6.07, 6.45) is 10.3. The van der Waals surface area contributed by atoms with Crippen molar-refractivity contribution in [3.63, 3.8) is 0 Å². The van der Waals surface area contributed by atoms with Crippen LogP contribution in [0.2, 0.25) is 0 Å². The first kappa shape index (κ1) is 16.0. The lowest BCUT2D eigenvalue weighted by Gasteiger charge is -2.26. The molecule has 0 saturated heterocycles. The minimum absolute atomic E-state index is 0.0766. The largest absolute Gasteiger partial charge is 0.481 e. The van der Waals surface area contributed by atoms with Crippen molar-refractivity contribution in [2.45, 2.75) is 76.9 Å². The molecule has 4 atom stereocenters. The van der Waals surface area contributed by atoms with E-state index in [1.807, 2.05) is 13.0 Å². The van der Waals surface area contributed by atoms with E-state index in [2.05, 4.69) is 17.4 Å². The summed E-state index contributed by atoms with van der Waals surface area (Å²) in [5, 5.41) is 3.28. The van der Waals surface area contributed by atoms with Crippen LogP contribution in [-0.2, 0) is 17.6 Å². The molecule has 2 fully saturated rings. The zero-order valence-corrected chi connectivity index (χ0v) is 14.7. The SMILES string of the molecule is CC[C@H](Oc1ccc2c(c1)CCCC2)C(=O)N[C@H]1C[C@@H]2CC[C@@H]1C2. The molecule has 0 aliphatic heterocycles. The Kier molecular flexibility index (Phi) is 4.51. The molecule has 0 radical (unpaired) electrons. The van der Waals surface area contributed by atoms with Gasteiger partial charge < -0.3 is 10.1 Å². The number of carbonyl (C=O) groups is 1. The monoisotopic (exact) mass is 327 g/mol. The fraction of sp³-hybridized carbons (Fsp3) is 0.667. The van der Waals surface area contributed by atoms with Gasteiger partial charge in [0.15, 0.2) is 6.10 Å². The molecule has 1 aromatic rings. The number of benzene rings is 1. The van der Waals surface area contributed by atoms with Gasteiger partial charge in [0.05, 0.1) is 0 Å². The molecule has 2 bridgehead atoms. The van der Waals surface area contributed by atoms with Crippen molar-refractivity contribution in [2.24, 2.45) is 11.8 Å². The number of nitrogens with one attached hydrogen (secondary N) is 1. The maximum absolute atomic E-state index is 12.7. The molecule has 3 aliphatic rings. The summed E-state index contributed by atoms with van der Waals surface area (Å²) in [6.45, 7) is 2.03. The van der Waals surface area contributed by atoms with E-state index in [4.69, 9.17) is 4.74 Å². The highest BCUT2D eigenvalue weighted by Crippen LogP contribution is 2.44. The van der Waals surface area contributed by atoms with E-state index in [1.54, 1.807) is 0 Å². The molecule has 1 aromatic carbocycles. The molecule has 1 amide bonds. The molecule has 24 heavy (non-hydrogen) atoms. The van der Waals surface area contributed by atoms with Crippen molar-refractivity contribution in [3.8, 4) is 5.75 Å². The number of ether oxygens (including phenoxy) is 1. The summed E-state index contributed by atoms with van der Waals surface area (Å²) >= 11 is 0. The van der Waals surface area contributed by atoms with Gasteiger partial charge >= 0.3 is 0 Å². The summed E-state index contributed by atoms with van der Waals surface area (Å²) in [6, 6.07) is 6.77. The molecule has 3 nitrogen and oxygen atoms in total. The average molecular weight is 327 g/mol. The summed E-state index contributed by atoms with van der Waals surface area (Å²) in [7, 11) is 0. The number of hydrogen-bond acceptors (Lipinski definition) is 2. The second kappa shape index (κ2) is 6.78. The Morgan fingerprint density at radius 2 is 2.04 bits per heavy atom. The van der Waals surface area contributed by atoms with Crippen LogP contribution >= 0.6 is 0 Å². The fourth-order valence-electron chi connectivity index (χ4n) is 4.97. The van der Waals surface area contributed by atoms with Gasteiger partial charge in [0.2, 0.25) is 0 Å². The third kappa shape index (κ3) is 3.18. The standard InChI is InChI=1S/C21H29NO2/c1-2-20(21(23)22-19-12-14-7-8-17(19)11-14)24-18-10-9-15-5-3-4-6-16(15)13-18/h9-10,13-14,17,19-20H,2-8,11-12H2,1H3,(H,22,23)/t14-,17-,19+,20+/m1/s1. The second-order valence-corrected chi connectivity index (χ2v) is 7.94. The summed E-state index contributed by atoms with van der Waals surface area (Å²) in [5.41, 5.74) is 2.86.